The molecule has 2 rings (SSSR count). The lowest BCUT2D eigenvalue weighted by Crippen LogP contribution is -1.81. The van der Waals surface area contributed by atoms with Gasteiger partial charge in [-0.15, -0.1) is 0 Å². The largest absolute Gasteiger partial charge is 0.388 e. The summed E-state index contributed by atoms with van der Waals surface area (Å²) in [5.41, 5.74) is 1.37. The number of hydrogen-bond donors (Lipinski definition) is 1. The fraction of sp³-hybridized carbons (Fsp3) is 0.100. The summed E-state index contributed by atoms with van der Waals surface area (Å²) in [6.07, 6.45) is 0. The van der Waals surface area contributed by atoms with Crippen LogP contribution in [0.5, 0.6) is 0 Å². The van der Waals surface area contributed by atoms with E-state index in [4.69, 9.17) is 21.2 Å². The zero-order valence-corrected chi connectivity index (χ0v) is 9.92. The fourth-order valence-corrected chi connectivity index (χ4v) is 1.94. The van der Waals surface area contributed by atoms with E-state index in [-0.39, 0.29) is 6.61 Å². The third-order valence-corrected chi connectivity index (χ3v) is 3.12. The highest BCUT2D eigenvalue weighted by molar-refractivity contribution is 9.10. The van der Waals surface area contributed by atoms with Gasteiger partial charge in [-0.2, -0.15) is 0 Å². The first-order chi connectivity index (χ1) is 7.24. The highest BCUT2D eigenvalue weighted by atomic mass is 79.9. The Kier molecular flexibility index (Phi) is 3.09. The lowest BCUT2D eigenvalue weighted by atomic mass is 10.1. The van der Waals surface area contributed by atoms with Gasteiger partial charge in [0.05, 0.1) is 9.50 Å². The number of aromatic nitrogens is 1. The Bertz CT molecular complexity index is 484. The van der Waals surface area contributed by atoms with Crippen LogP contribution >= 0.6 is 27.5 Å². The molecule has 15 heavy (non-hydrogen) atoms. The molecule has 0 fully saturated rings. The molecule has 1 N–H and O–H groups in total. The molecule has 78 valence electrons. The molecular weight excluding hydrogens is 281 g/mol. The number of hydrogen-bond acceptors (Lipinski definition) is 3. The van der Waals surface area contributed by atoms with Gasteiger partial charge in [0.2, 0.25) is 0 Å². The second-order valence-corrected chi connectivity index (χ2v) is 4.11. The quantitative estimate of drug-likeness (QED) is 0.922. The summed E-state index contributed by atoms with van der Waals surface area (Å²) < 4.78 is 5.59. The molecule has 0 saturated heterocycles. The summed E-state index contributed by atoms with van der Waals surface area (Å²) in [4.78, 5) is 0. The highest BCUT2D eigenvalue weighted by Gasteiger charge is 2.16. The van der Waals surface area contributed by atoms with Crippen molar-refractivity contribution in [2.45, 2.75) is 6.61 Å². The predicted octanol–water partition coefficient (Wildman–Crippen LogP) is 3.25. The Morgan fingerprint density at radius 2 is 2.13 bits per heavy atom. The van der Waals surface area contributed by atoms with Gasteiger partial charge < -0.3 is 9.63 Å². The average Bonchev–Trinajstić information content (AvgIpc) is 2.60. The summed E-state index contributed by atoms with van der Waals surface area (Å²) in [6.45, 7) is -0.196. The summed E-state index contributed by atoms with van der Waals surface area (Å²) >= 11 is 9.33. The third kappa shape index (κ3) is 1.93. The van der Waals surface area contributed by atoms with E-state index in [1.165, 1.54) is 0 Å². The van der Waals surface area contributed by atoms with Crippen LogP contribution in [-0.4, -0.2) is 10.3 Å². The molecule has 3 nitrogen and oxygen atoms in total. The van der Waals surface area contributed by atoms with E-state index in [2.05, 4.69) is 21.1 Å². The minimum atomic E-state index is -0.196. The lowest BCUT2D eigenvalue weighted by Gasteiger charge is -1.99. The number of aliphatic hydroxyl groups is 1. The third-order valence-electron chi connectivity index (χ3n) is 1.97. The van der Waals surface area contributed by atoms with Crippen LogP contribution in [0.4, 0.5) is 0 Å². The minimum Gasteiger partial charge on any atom is -0.388 e. The van der Waals surface area contributed by atoms with Crippen LogP contribution in [0.25, 0.3) is 11.3 Å². The maximum absolute atomic E-state index is 8.95. The van der Waals surface area contributed by atoms with Gasteiger partial charge in [-0.05, 0) is 22.0 Å². The van der Waals surface area contributed by atoms with Crippen molar-refractivity contribution in [3.8, 4) is 11.3 Å². The van der Waals surface area contributed by atoms with Crippen molar-refractivity contribution in [2.24, 2.45) is 0 Å². The number of rotatable bonds is 2. The molecule has 0 bridgehead atoms. The highest BCUT2D eigenvalue weighted by Crippen LogP contribution is 2.34. The van der Waals surface area contributed by atoms with Crippen molar-refractivity contribution in [2.75, 3.05) is 0 Å². The van der Waals surface area contributed by atoms with Crippen LogP contribution in [0.1, 0.15) is 5.76 Å². The number of nitrogens with zero attached hydrogens (tertiary/aromatic N) is 1. The molecule has 0 aliphatic heterocycles. The molecule has 0 saturated carbocycles. The standard InChI is InChI=1S/C10H7BrClNO2/c11-9-8(5-14)15-13-10(9)6-3-1-2-4-7(6)12/h1-4,14H,5H2. The summed E-state index contributed by atoms with van der Waals surface area (Å²) in [5.74, 6) is 0.393. The van der Waals surface area contributed by atoms with Crippen molar-refractivity contribution in [3.63, 3.8) is 0 Å². The van der Waals surface area contributed by atoms with E-state index in [9.17, 15) is 0 Å². The molecule has 1 heterocycles. The van der Waals surface area contributed by atoms with Crippen LogP contribution in [0.2, 0.25) is 5.02 Å². The smallest absolute Gasteiger partial charge is 0.176 e. The molecule has 0 radical (unpaired) electrons. The fourth-order valence-electron chi connectivity index (χ4n) is 1.23. The summed E-state index contributed by atoms with van der Waals surface area (Å²) in [5, 5.41) is 13.4. The Balaban J connectivity index is 2.55. The van der Waals surface area contributed by atoms with Gasteiger partial charge in [0.1, 0.15) is 12.3 Å². The minimum absolute atomic E-state index is 0.196. The molecule has 1 aromatic carbocycles. The van der Waals surface area contributed by atoms with E-state index in [1.54, 1.807) is 6.07 Å². The molecule has 0 spiro atoms. The van der Waals surface area contributed by atoms with Crippen molar-refractivity contribution < 1.29 is 9.63 Å². The zero-order chi connectivity index (χ0) is 10.8. The zero-order valence-electron chi connectivity index (χ0n) is 7.58. The van der Waals surface area contributed by atoms with Gasteiger partial charge in [-0.1, -0.05) is 35.0 Å². The lowest BCUT2D eigenvalue weighted by molar-refractivity contribution is 0.228. The second-order valence-electron chi connectivity index (χ2n) is 2.91. The Morgan fingerprint density at radius 1 is 1.40 bits per heavy atom. The van der Waals surface area contributed by atoms with Crippen molar-refractivity contribution in [1.82, 2.24) is 5.16 Å². The molecule has 2 aromatic rings. The van der Waals surface area contributed by atoms with E-state index in [1.807, 2.05) is 18.2 Å². The summed E-state index contributed by atoms with van der Waals surface area (Å²) in [6, 6.07) is 7.32. The molecule has 0 unspecified atom stereocenters. The first kappa shape index (κ1) is 10.7. The van der Waals surface area contributed by atoms with Crippen molar-refractivity contribution in [1.29, 1.82) is 0 Å². The van der Waals surface area contributed by atoms with Gasteiger partial charge in [-0.25, -0.2) is 0 Å². The molecular formula is C10H7BrClNO2. The molecule has 0 atom stereocenters. The van der Waals surface area contributed by atoms with Gasteiger partial charge >= 0.3 is 0 Å². The molecule has 0 aliphatic carbocycles. The first-order valence-corrected chi connectivity index (χ1v) is 5.41. The Morgan fingerprint density at radius 3 is 2.73 bits per heavy atom. The van der Waals surface area contributed by atoms with Gasteiger partial charge in [0.25, 0.3) is 0 Å². The molecule has 0 amide bonds. The second kappa shape index (κ2) is 4.35. The predicted molar refractivity (Wildman–Crippen MR) is 60.6 cm³/mol. The SMILES string of the molecule is OCc1onc(-c2ccccc2Cl)c1Br. The molecule has 1 aromatic heterocycles. The monoisotopic (exact) mass is 287 g/mol. The van der Waals surface area contributed by atoms with Crippen LogP contribution in [0, 0.1) is 0 Å². The maximum Gasteiger partial charge on any atom is 0.176 e. The van der Waals surface area contributed by atoms with Gasteiger partial charge in [0.15, 0.2) is 5.76 Å². The van der Waals surface area contributed by atoms with E-state index in [0.717, 1.165) is 5.56 Å². The van der Waals surface area contributed by atoms with Crippen LogP contribution in [0.3, 0.4) is 0 Å². The van der Waals surface area contributed by atoms with E-state index >= 15 is 0 Å². The Hall–Kier alpha value is -0.840. The molecule has 0 aliphatic rings. The number of benzene rings is 1. The number of halogens is 2. The number of aliphatic hydroxyl groups excluding tert-OH is 1. The summed E-state index contributed by atoms with van der Waals surface area (Å²) in [7, 11) is 0. The molecule has 5 heteroatoms. The topological polar surface area (TPSA) is 46.3 Å². The normalized spacial score (nSPS) is 10.6. The van der Waals surface area contributed by atoms with Crippen LogP contribution in [0.15, 0.2) is 33.3 Å². The van der Waals surface area contributed by atoms with E-state index < -0.39 is 0 Å². The van der Waals surface area contributed by atoms with Gasteiger partial charge in [0, 0.05) is 5.56 Å². The average molecular weight is 289 g/mol. The maximum atomic E-state index is 8.95. The van der Waals surface area contributed by atoms with Gasteiger partial charge in [-0.3, -0.25) is 0 Å². The van der Waals surface area contributed by atoms with E-state index in [0.29, 0.717) is 20.9 Å². The van der Waals surface area contributed by atoms with Crippen LogP contribution in [-0.2, 0) is 6.61 Å². The van der Waals surface area contributed by atoms with Crippen molar-refractivity contribution >= 4 is 27.5 Å². The first-order valence-electron chi connectivity index (χ1n) is 4.24. The Labute approximate surface area is 99.8 Å². The van der Waals surface area contributed by atoms with Crippen molar-refractivity contribution in [3.05, 3.63) is 39.5 Å². The van der Waals surface area contributed by atoms with Crippen LogP contribution < -0.4 is 0 Å².